The lowest BCUT2D eigenvalue weighted by Gasteiger charge is -2.11. The molecule has 104 valence electrons. The normalized spacial score (nSPS) is 10.3. The van der Waals surface area contributed by atoms with Crippen LogP contribution in [0.15, 0.2) is 30.3 Å². The van der Waals surface area contributed by atoms with E-state index in [9.17, 15) is 18.0 Å². The highest BCUT2D eigenvalue weighted by atomic mass is 19.1. The molecule has 0 amide bonds. The van der Waals surface area contributed by atoms with Gasteiger partial charge in [-0.3, -0.25) is 0 Å². The van der Waals surface area contributed by atoms with Crippen LogP contribution < -0.4 is 11.1 Å². The molecule has 0 saturated carbocycles. The highest BCUT2D eigenvalue weighted by Gasteiger charge is 2.14. The topological polar surface area (TPSA) is 75.4 Å². The van der Waals surface area contributed by atoms with Gasteiger partial charge in [-0.1, -0.05) is 0 Å². The molecule has 20 heavy (non-hydrogen) atoms. The number of hydrogen-bond donors (Lipinski definition) is 3. The van der Waals surface area contributed by atoms with Crippen molar-refractivity contribution in [3.63, 3.8) is 0 Å². The molecule has 0 bridgehead atoms. The van der Waals surface area contributed by atoms with Crippen molar-refractivity contribution in [3.05, 3.63) is 53.3 Å². The Hall–Kier alpha value is -2.70. The van der Waals surface area contributed by atoms with Crippen LogP contribution in [-0.4, -0.2) is 11.1 Å². The molecule has 4 N–H and O–H groups in total. The summed E-state index contributed by atoms with van der Waals surface area (Å²) in [6, 6.07) is 4.44. The van der Waals surface area contributed by atoms with Gasteiger partial charge < -0.3 is 16.2 Å². The van der Waals surface area contributed by atoms with E-state index in [4.69, 9.17) is 10.8 Å². The number of carbonyl (C=O) groups is 1. The van der Waals surface area contributed by atoms with Crippen LogP contribution in [-0.2, 0) is 0 Å². The molecule has 0 aliphatic carbocycles. The molecule has 0 heterocycles. The lowest BCUT2D eigenvalue weighted by molar-refractivity contribution is 0.0692. The van der Waals surface area contributed by atoms with E-state index in [1.54, 1.807) is 0 Å². The van der Waals surface area contributed by atoms with Crippen molar-refractivity contribution in [2.45, 2.75) is 0 Å². The Morgan fingerprint density at radius 3 is 2.20 bits per heavy atom. The van der Waals surface area contributed by atoms with E-state index in [0.717, 1.165) is 24.3 Å². The Balaban J connectivity index is 2.39. The fourth-order valence-electron chi connectivity index (χ4n) is 1.64. The van der Waals surface area contributed by atoms with Gasteiger partial charge in [-0.2, -0.15) is 0 Å². The largest absolute Gasteiger partial charge is 0.478 e. The minimum Gasteiger partial charge on any atom is -0.478 e. The van der Waals surface area contributed by atoms with E-state index in [-0.39, 0.29) is 17.1 Å². The van der Waals surface area contributed by atoms with Crippen LogP contribution in [0.2, 0.25) is 0 Å². The van der Waals surface area contributed by atoms with Crippen molar-refractivity contribution in [2.75, 3.05) is 11.1 Å². The summed E-state index contributed by atoms with van der Waals surface area (Å²) in [5.74, 6) is -4.09. The van der Waals surface area contributed by atoms with E-state index < -0.39 is 29.0 Å². The fourth-order valence-corrected chi connectivity index (χ4v) is 1.64. The number of benzene rings is 2. The van der Waals surface area contributed by atoms with Crippen molar-refractivity contribution >= 4 is 23.0 Å². The fraction of sp³-hybridized carbons (Fsp3) is 0. The number of carboxylic acid groups (broad SMARTS) is 1. The molecule has 2 aromatic carbocycles. The van der Waals surface area contributed by atoms with Crippen molar-refractivity contribution in [2.24, 2.45) is 0 Å². The second-order valence-electron chi connectivity index (χ2n) is 4.01. The van der Waals surface area contributed by atoms with Crippen LogP contribution >= 0.6 is 0 Å². The quantitative estimate of drug-likeness (QED) is 0.756. The standard InChI is InChI=1S/C13H9F3N2O2/c14-6-1-7(15)3-8(2-6)18-12-5-10(16)9(13(19)20)4-11(12)17/h1-5,18H,17H2,(H,19,20). The molecule has 0 unspecified atom stereocenters. The molecule has 0 aliphatic heterocycles. The minimum absolute atomic E-state index is 0.0116. The van der Waals surface area contributed by atoms with Gasteiger partial charge in [0.15, 0.2) is 0 Å². The molecule has 2 rings (SSSR count). The first-order valence-corrected chi connectivity index (χ1v) is 5.42. The van der Waals surface area contributed by atoms with Crippen LogP contribution in [0.1, 0.15) is 10.4 Å². The zero-order chi connectivity index (χ0) is 14.9. The van der Waals surface area contributed by atoms with Gasteiger partial charge in [-0.25, -0.2) is 18.0 Å². The van der Waals surface area contributed by atoms with Gasteiger partial charge in [-0.05, 0) is 18.2 Å². The number of rotatable bonds is 3. The predicted octanol–water partition coefficient (Wildman–Crippen LogP) is 3.13. The van der Waals surface area contributed by atoms with Gasteiger partial charge in [0.05, 0.1) is 16.9 Å². The van der Waals surface area contributed by atoms with Crippen molar-refractivity contribution < 1.29 is 23.1 Å². The number of aromatic carboxylic acids is 1. The van der Waals surface area contributed by atoms with Gasteiger partial charge >= 0.3 is 5.97 Å². The molecule has 0 aliphatic rings. The summed E-state index contributed by atoms with van der Waals surface area (Å²) >= 11 is 0. The zero-order valence-corrected chi connectivity index (χ0v) is 9.95. The zero-order valence-electron chi connectivity index (χ0n) is 9.95. The maximum Gasteiger partial charge on any atom is 0.338 e. The van der Waals surface area contributed by atoms with Crippen LogP contribution in [0, 0.1) is 17.5 Å². The highest BCUT2D eigenvalue weighted by Crippen LogP contribution is 2.27. The van der Waals surface area contributed by atoms with E-state index >= 15 is 0 Å². The van der Waals surface area contributed by atoms with Crippen molar-refractivity contribution in [1.29, 1.82) is 0 Å². The second kappa shape index (κ2) is 5.12. The number of nitrogens with one attached hydrogen (secondary N) is 1. The van der Waals surface area contributed by atoms with Gasteiger partial charge in [0.2, 0.25) is 0 Å². The van der Waals surface area contributed by atoms with Gasteiger partial charge in [-0.15, -0.1) is 0 Å². The Morgan fingerprint density at radius 2 is 1.65 bits per heavy atom. The molecular weight excluding hydrogens is 273 g/mol. The number of halogens is 3. The van der Waals surface area contributed by atoms with Crippen LogP contribution in [0.25, 0.3) is 0 Å². The third-order valence-electron chi connectivity index (χ3n) is 2.51. The molecule has 2 aromatic rings. The number of carboxylic acids is 1. The smallest absolute Gasteiger partial charge is 0.338 e. The first-order chi connectivity index (χ1) is 9.36. The first-order valence-electron chi connectivity index (χ1n) is 5.42. The number of hydrogen-bond acceptors (Lipinski definition) is 3. The van der Waals surface area contributed by atoms with Gasteiger partial charge in [0.1, 0.15) is 17.5 Å². The Bertz CT molecular complexity index is 669. The Morgan fingerprint density at radius 1 is 1.05 bits per heavy atom. The second-order valence-corrected chi connectivity index (χ2v) is 4.01. The summed E-state index contributed by atoms with van der Waals surface area (Å²) in [6.45, 7) is 0. The first kappa shape index (κ1) is 13.7. The molecule has 0 atom stereocenters. The van der Waals surface area contributed by atoms with E-state index in [2.05, 4.69) is 5.32 Å². The molecule has 7 heteroatoms. The summed E-state index contributed by atoms with van der Waals surface area (Å²) in [5.41, 5.74) is 4.96. The average Bonchev–Trinajstić information content (AvgIpc) is 2.31. The maximum absolute atomic E-state index is 13.5. The molecule has 0 saturated heterocycles. The number of nitrogen functional groups attached to an aromatic ring is 1. The summed E-state index contributed by atoms with van der Waals surface area (Å²) in [7, 11) is 0. The molecule has 0 radical (unpaired) electrons. The van der Waals surface area contributed by atoms with Crippen molar-refractivity contribution in [1.82, 2.24) is 0 Å². The molecular formula is C13H9F3N2O2. The molecule has 4 nitrogen and oxygen atoms in total. The predicted molar refractivity (Wildman–Crippen MR) is 67.4 cm³/mol. The third kappa shape index (κ3) is 2.82. The maximum atomic E-state index is 13.5. The monoisotopic (exact) mass is 282 g/mol. The van der Waals surface area contributed by atoms with Crippen LogP contribution in [0.4, 0.5) is 30.2 Å². The SMILES string of the molecule is Nc1cc(C(=O)O)c(F)cc1Nc1cc(F)cc(F)c1. The van der Waals surface area contributed by atoms with E-state index in [1.807, 2.05) is 0 Å². The van der Waals surface area contributed by atoms with Gasteiger partial charge in [0.25, 0.3) is 0 Å². The van der Waals surface area contributed by atoms with Gasteiger partial charge in [0, 0.05) is 17.8 Å². The lowest BCUT2D eigenvalue weighted by atomic mass is 10.1. The van der Waals surface area contributed by atoms with Crippen molar-refractivity contribution in [3.8, 4) is 0 Å². The summed E-state index contributed by atoms with van der Waals surface area (Å²) in [4.78, 5) is 10.7. The van der Waals surface area contributed by atoms with Crippen LogP contribution in [0.3, 0.4) is 0 Å². The van der Waals surface area contributed by atoms with E-state index in [0.29, 0.717) is 6.07 Å². The Kier molecular flexibility index (Phi) is 3.51. The Labute approximate surface area is 111 Å². The third-order valence-corrected chi connectivity index (χ3v) is 2.51. The molecule has 0 aromatic heterocycles. The number of nitrogens with two attached hydrogens (primary N) is 1. The number of anilines is 3. The summed E-state index contributed by atoms with van der Waals surface area (Å²) in [6.07, 6.45) is 0. The van der Waals surface area contributed by atoms with E-state index in [1.165, 1.54) is 0 Å². The van der Waals surface area contributed by atoms with Crippen LogP contribution in [0.5, 0.6) is 0 Å². The average molecular weight is 282 g/mol. The minimum atomic E-state index is -1.46. The lowest BCUT2D eigenvalue weighted by Crippen LogP contribution is -2.05. The molecule has 0 spiro atoms. The highest BCUT2D eigenvalue weighted by molar-refractivity contribution is 5.91. The summed E-state index contributed by atoms with van der Waals surface area (Å²) < 4.78 is 39.6. The molecule has 0 fully saturated rings. The summed E-state index contributed by atoms with van der Waals surface area (Å²) in [5, 5.41) is 11.3.